The van der Waals surface area contributed by atoms with Gasteiger partial charge in [0.2, 0.25) is 0 Å². The number of benzene rings is 3. The van der Waals surface area contributed by atoms with Gasteiger partial charge in [0.25, 0.3) is 0 Å². The third kappa shape index (κ3) is 2.42. The highest BCUT2D eigenvalue weighted by molar-refractivity contribution is 6.54. The van der Waals surface area contributed by atoms with Crippen LogP contribution in [0.2, 0.25) is 0 Å². The first-order valence-electron chi connectivity index (χ1n) is 6.95. The summed E-state index contributed by atoms with van der Waals surface area (Å²) < 4.78 is 0. The fourth-order valence-corrected chi connectivity index (χ4v) is 2.56. The van der Waals surface area contributed by atoms with Gasteiger partial charge >= 0.3 is 0 Å². The van der Waals surface area contributed by atoms with Crippen molar-refractivity contribution < 1.29 is 0 Å². The van der Waals surface area contributed by atoms with Crippen LogP contribution in [-0.4, -0.2) is 11.4 Å². The van der Waals surface area contributed by atoms with Crippen LogP contribution < -0.4 is 11.7 Å². The second-order valence-corrected chi connectivity index (χ2v) is 4.85. The Kier molecular flexibility index (Phi) is 3.83. The number of fused-ring (bicyclic) bond motifs is 1. The molecular weight excluding hydrogens is 272 g/mol. The normalized spacial score (nSPS) is 12.5. The molecule has 0 atom stereocenters. The summed E-state index contributed by atoms with van der Waals surface area (Å²) in [5, 5.41) is 10.1. The number of nitrogens with zero attached hydrogens (tertiary/aromatic N) is 2. The third-order valence-corrected chi connectivity index (χ3v) is 3.57. The van der Waals surface area contributed by atoms with E-state index >= 15 is 0 Å². The zero-order valence-corrected chi connectivity index (χ0v) is 12.0. The minimum atomic E-state index is 0.569. The average molecular weight is 288 g/mol. The van der Waals surface area contributed by atoms with Crippen molar-refractivity contribution in [2.45, 2.75) is 0 Å². The van der Waals surface area contributed by atoms with Crippen LogP contribution in [0.5, 0.6) is 0 Å². The van der Waals surface area contributed by atoms with E-state index in [-0.39, 0.29) is 0 Å². The lowest BCUT2D eigenvalue weighted by Crippen LogP contribution is -2.21. The van der Waals surface area contributed by atoms with E-state index < -0.39 is 0 Å². The predicted octanol–water partition coefficient (Wildman–Crippen LogP) is 2.87. The molecule has 0 saturated carbocycles. The lowest BCUT2D eigenvalue weighted by atomic mass is 9.95. The lowest BCUT2D eigenvalue weighted by molar-refractivity contribution is 1.23. The molecule has 0 amide bonds. The molecule has 0 heterocycles. The van der Waals surface area contributed by atoms with Crippen LogP contribution in [0.15, 0.2) is 83.0 Å². The molecule has 0 aliphatic rings. The van der Waals surface area contributed by atoms with Crippen LogP contribution in [-0.2, 0) is 0 Å². The SMILES string of the molecule is N/N=C(\C(=N/N)c1cccc2ccccc12)c1ccccc1. The van der Waals surface area contributed by atoms with E-state index in [9.17, 15) is 0 Å². The Morgan fingerprint density at radius 2 is 1.27 bits per heavy atom. The summed E-state index contributed by atoms with van der Waals surface area (Å²) in [7, 11) is 0. The van der Waals surface area contributed by atoms with Crippen LogP contribution in [0, 0.1) is 0 Å². The van der Waals surface area contributed by atoms with Crippen molar-refractivity contribution in [1.29, 1.82) is 0 Å². The fraction of sp³-hybridized carbons (Fsp3) is 0. The standard InChI is InChI=1S/C18H16N4/c19-21-17(14-8-2-1-3-9-14)18(22-20)16-12-6-10-13-7-4-5-11-15(13)16/h1-12H,19-20H2/b21-17-,22-18-. The zero-order chi connectivity index (χ0) is 15.4. The number of hydrogen-bond acceptors (Lipinski definition) is 4. The summed E-state index contributed by atoms with van der Waals surface area (Å²) in [5.74, 6) is 11.3. The van der Waals surface area contributed by atoms with Gasteiger partial charge in [-0.1, -0.05) is 72.8 Å². The molecule has 0 radical (unpaired) electrons. The van der Waals surface area contributed by atoms with E-state index in [1.54, 1.807) is 0 Å². The first kappa shape index (κ1) is 13.8. The van der Waals surface area contributed by atoms with Crippen molar-refractivity contribution in [2.24, 2.45) is 21.9 Å². The maximum Gasteiger partial charge on any atom is 0.119 e. The predicted molar refractivity (Wildman–Crippen MR) is 91.8 cm³/mol. The minimum Gasteiger partial charge on any atom is -0.323 e. The van der Waals surface area contributed by atoms with Gasteiger partial charge in [-0.3, -0.25) is 0 Å². The number of hydrogen-bond donors (Lipinski definition) is 2. The van der Waals surface area contributed by atoms with Crippen molar-refractivity contribution in [1.82, 2.24) is 0 Å². The van der Waals surface area contributed by atoms with Crippen molar-refractivity contribution >= 4 is 22.2 Å². The molecule has 3 aromatic rings. The van der Waals surface area contributed by atoms with E-state index in [4.69, 9.17) is 11.7 Å². The van der Waals surface area contributed by atoms with Crippen LogP contribution in [0.1, 0.15) is 11.1 Å². The summed E-state index contributed by atoms with van der Waals surface area (Å²) in [6.07, 6.45) is 0. The Bertz CT molecular complexity index is 846. The first-order valence-corrected chi connectivity index (χ1v) is 6.95. The van der Waals surface area contributed by atoms with Gasteiger partial charge in [0.1, 0.15) is 11.4 Å². The molecule has 0 fully saturated rings. The average Bonchev–Trinajstić information content (AvgIpc) is 2.60. The Morgan fingerprint density at radius 3 is 2.00 bits per heavy atom. The molecule has 4 nitrogen and oxygen atoms in total. The quantitative estimate of drug-likeness (QED) is 0.441. The monoisotopic (exact) mass is 288 g/mol. The zero-order valence-electron chi connectivity index (χ0n) is 12.0. The molecule has 4 heteroatoms. The Morgan fingerprint density at radius 1 is 0.636 bits per heavy atom. The second-order valence-electron chi connectivity index (χ2n) is 4.85. The number of hydrazone groups is 2. The lowest BCUT2D eigenvalue weighted by Gasteiger charge is -2.11. The molecule has 0 saturated heterocycles. The second kappa shape index (κ2) is 6.10. The van der Waals surface area contributed by atoms with Gasteiger partial charge in [-0.2, -0.15) is 10.2 Å². The maximum absolute atomic E-state index is 5.66. The molecule has 0 bridgehead atoms. The van der Waals surface area contributed by atoms with E-state index in [0.29, 0.717) is 11.4 Å². The van der Waals surface area contributed by atoms with Gasteiger partial charge in [-0.15, -0.1) is 0 Å². The van der Waals surface area contributed by atoms with Crippen molar-refractivity contribution in [2.75, 3.05) is 0 Å². The molecule has 3 aromatic carbocycles. The van der Waals surface area contributed by atoms with Gasteiger partial charge in [0.05, 0.1) is 0 Å². The summed E-state index contributed by atoms with van der Waals surface area (Å²) in [4.78, 5) is 0. The van der Waals surface area contributed by atoms with Crippen molar-refractivity contribution in [3.8, 4) is 0 Å². The van der Waals surface area contributed by atoms with E-state index in [1.165, 1.54) is 0 Å². The van der Waals surface area contributed by atoms with E-state index in [0.717, 1.165) is 21.9 Å². The third-order valence-electron chi connectivity index (χ3n) is 3.57. The molecule has 0 aliphatic heterocycles. The van der Waals surface area contributed by atoms with Gasteiger partial charge in [-0.05, 0) is 10.8 Å². The highest BCUT2D eigenvalue weighted by Crippen LogP contribution is 2.21. The summed E-state index contributed by atoms with van der Waals surface area (Å²) in [6.45, 7) is 0. The van der Waals surface area contributed by atoms with E-state index in [2.05, 4.69) is 22.3 Å². The Labute approximate surface area is 128 Å². The Balaban J connectivity index is 2.19. The molecular formula is C18H16N4. The molecule has 3 rings (SSSR count). The highest BCUT2D eigenvalue weighted by Gasteiger charge is 2.16. The summed E-state index contributed by atoms with van der Waals surface area (Å²) in [6, 6.07) is 23.7. The van der Waals surface area contributed by atoms with Gasteiger partial charge in [0.15, 0.2) is 0 Å². The smallest absolute Gasteiger partial charge is 0.119 e. The summed E-state index contributed by atoms with van der Waals surface area (Å²) >= 11 is 0. The van der Waals surface area contributed by atoms with Gasteiger partial charge in [0, 0.05) is 11.1 Å². The summed E-state index contributed by atoms with van der Waals surface area (Å²) in [5.41, 5.74) is 2.93. The van der Waals surface area contributed by atoms with Crippen LogP contribution in [0.4, 0.5) is 0 Å². The molecule has 22 heavy (non-hydrogen) atoms. The number of rotatable bonds is 3. The maximum atomic E-state index is 5.66. The van der Waals surface area contributed by atoms with E-state index in [1.807, 2.05) is 60.7 Å². The highest BCUT2D eigenvalue weighted by atomic mass is 15.2. The van der Waals surface area contributed by atoms with Crippen LogP contribution in [0.25, 0.3) is 10.8 Å². The molecule has 0 spiro atoms. The number of nitrogens with two attached hydrogens (primary N) is 2. The first-order chi connectivity index (χ1) is 10.8. The van der Waals surface area contributed by atoms with Crippen molar-refractivity contribution in [3.63, 3.8) is 0 Å². The molecule has 4 N–H and O–H groups in total. The fourth-order valence-electron chi connectivity index (χ4n) is 2.56. The minimum absolute atomic E-state index is 0.569. The van der Waals surface area contributed by atoms with Crippen molar-refractivity contribution in [3.05, 3.63) is 83.9 Å². The molecule has 0 aromatic heterocycles. The molecule has 0 unspecified atom stereocenters. The topological polar surface area (TPSA) is 76.8 Å². The largest absolute Gasteiger partial charge is 0.323 e. The van der Waals surface area contributed by atoms with Crippen LogP contribution >= 0.6 is 0 Å². The van der Waals surface area contributed by atoms with Crippen LogP contribution in [0.3, 0.4) is 0 Å². The van der Waals surface area contributed by atoms with Gasteiger partial charge < -0.3 is 11.7 Å². The molecule has 108 valence electrons. The van der Waals surface area contributed by atoms with Gasteiger partial charge in [-0.25, -0.2) is 0 Å². The Hall–Kier alpha value is -3.14. The molecule has 0 aliphatic carbocycles.